The maximum absolute atomic E-state index is 5.53. The van der Waals surface area contributed by atoms with E-state index in [1.165, 1.54) is 25.0 Å². The summed E-state index contributed by atoms with van der Waals surface area (Å²) in [6.07, 6.45) is 5.61. The van der Waals surface area contributed by atoms with Gasteiger partial charge < -0.3 is 9.73 Å². The first-order valence-corrected chi connectivity index (χ1v) is 6.85. The van der Waals surface area contributed by atoms with Crippen LogP contribution in [0.3, 0.4) is 0 Å². The van der Waals surface area contributed by atoms with Crippen molar-refractivity contribution in [3.8, 4) is 0 Å². The number of hydrogen-bond acceptors (Lipinski definition) is 3. The average molecular weight is 225 g/mol. The van der Waals surface area contributed by atoms with Crippen LogP contribution in [-0.2, 0) is 0 Å². The molecule has 0 spiro atoms. The zero-order valence-corrected chi connectivity index (χ0v) is 10.1. The third-order valence-electron chi connectivity index (χ3n) is 2.80. The van der Waals surface area contributed by atoms with Gasteiger partial charge in [0.2, 0.25) is 0 Å². The Bertz CT molecular complexity index is 267. The standard InChI is InChI=1S/C12H19NOS/c1-2-7-13-12(10-5-3-8-14-10)11-6-4-9-15-11/h3,5,8,11-13H,2,4,6-7,9H2,1H3. The molecule has 1 aliphatic rings. The zero-order chi connectivity index (χ0) is 10.5. The highest BCUT2D eigenvalue weighted by Crippen LogP contribution is 2.36. The van der Waals surface area contributed by atoms with Crippen LogP contribution in [0.2, 0.25) is 0 Å². The fourth-order valence-corrected chi connectivity index (χ4v) is 3.44. The summed E-state index contributed by atoms with van der Waals surface area (Å²) in [6.45, 7) is 3.27. The maximum Gasteiger partial charge on any atom is 0.121 e. The van der Waals surface area contributed by atoms with E-state index in [1.807, 2.05) is 6.07 Å². The molecule has 0 saturated carbocycles. The molecule has 0 radical (unpaired) electrons. The van der Waals surface area contributed by atoms with Crippen molar-refractivity contribution in [1.29, 1.82) is 0 Å². The Labute approximate surface area is 95.8 Å². The molecule has 15 heavy (non-hydrogen) atoms. The van der Waals surface area contributed by atoms with Crippen molar-refractivity contribution in [2.45, 2.75) is 37.5 Å². The Morgan fingerprint density at radius 3 is 3.20 bits per heavy atom. The minimum absolute atomic E-state index is 0.410. The van der Waals surface area contributed by atoms with E-state index in [9.17, 15) is 0 Å². The van der Waals surface area contributed by atoms with E-state index in [1.54, 1.807) is 6.26 Å². The predicted octanol–water partition coefficient (Wildman–Crippen LogP) is 3.22. The van der Waals surface area contributed by atoms with Crippen molar-refractivity contribution < 1.29 is 4.42 Å². The summed E-state index contributed by atoms with van der Waals surface area (Å²) < 4.78 is 5.53. The van der Waals surface area contributed by atoms with Crippen LogP contribution in [0.5, 0.6) is 0 Å². The third kappa shape index (κ3) is 2.79. The largest absolute Gasteiger partial charge is 0.468 e. The number of nitrogens with one attached hydrogen (secondary N) is 1. The fraction of sp³-hybridized carbons (Fsp3) is 0.667. The van der Waals surface area contributed by atoms with Crippen molar-refractivity contribution >= 4 is 11.8 Å². The monoisotopic (exact) mass is 225 g/mol. The number of hydrogen-bond donors (Lipinski definition) is 1. The second-order valence-electron chi connectivity index (χ2n) is 4.00. The van der Waals surface area contributed by atoms with Crippen LogP contribution >= 0.6 is 11.8 Å². The summed E-state index contributed by atoms with van der Waals surface area (Å²) in [6, 6.07) is 4.48. The van der Waals surface area contributed by atoms with Crippen LogP contribution < -0.4 is 5.32 Å². The van der Waals surface area contributed by atoms with Gasteiger partial charge in [0.25, 0.3) is 0 Å². The van der Waals surface area contributed by atoms with Gasteiger partial charge in [-0.2, -0.15) is 11.8 Å². The highest BCUT2D eigenvalue weighted by molar-refractivity contribution is 8.00. The molecule has 1 aromatic rings. The summed E-state index contributed by atoms with van der Waals surface area (Å²) >= 11 is 2.08. The van der Waals surface area contributed by atoms with Gasteiger partial charge in [-0.3, -0.25) is 0 Å². The molecule has 2 atom stereocenters. The molecule has 1 N–H and O–H groups in total. The molecule has 2 rings (SSSR count). The van der Waals surface area contributed by atoms with Crippen molar-refractivity contribution in [2.24, 2.45) is 0 Å². The van der Waals surface area contributed by atoms with E-state index >= 15 is 0 Å². The molecule has 84 valence electrons. The molecule has 2 nitrogen and oxygen atoms in total. The first-order valence-electron chi connectivity index (χ1n) is 5.80. The number of thioether (sulfide) groups is 1. The lowest BCUT2D eigenvalue weighted by molar-refractivity contribution is 0.400. The second-order valence-corrected chi connectivity index (χ2v) is 5.35. The predicted molar refractivity (Wildman–Crippen MR) is 65.2 cm³/mol. The first kappa shape index (κ1) is 11.1. The van der Waals surface area contributed by atoms with Crippen LogP contribution in [0.4, 0.5) is 0 Å². The quantitative estimate of drug-likeness (QED) is 0.833. The third-order valence-corrected chi connectivity index (χ3v) is 4.26. The lowest BCUT2D eigenvalue weighted by atomic mass is 10.1. The average Bonchev–Trinajstić information content (AvgIpc) is 2.90. The Hall–Kier alpha value is -0.410. The maximum atomic E-state index is 5.53. The molecule has 1 fully saturated rings. The minimum atomic E-state index is 0.410. The van der Waals surface area contributed by atoms with Crippen molar-refractivity contribution in [3.05, 3.63) is 24.2 Å². The topological polar surface area (TPSA) is 25.2 Å². The van der Waals surface area contributed by atoms with Gasteiger partial charge in [-0.25, -0.2) is 0 Å². The van der Waals surface area contributed by atoms with Crippen molar-refractivity contribution in [1.82, 2.24) is 5.32 Å². The van der Waals surface area contributed by atoms with Gasteiger partial charge in [0.05, 0.1) is 12.3 Å². The molecule has 0 aromatic carbocycles. The van der Waals surface area contributed by atoms with Crippen LogP contribution in [0.1, 0.15) is 38.0 Å². The fourth-order valence-electron chi connectivity index (χ4n) is 2.05. The van der Waals surface area contributed by atoms with Crippen LogP contribution in [0.25, 0.3) is 0 Å². The van der Waals surface area contributed by atoms with Crippen molar-refractivity contribution in [2.75, 3.05) is 12.3 Å². The lowest BCUT2D eigenvalue weighted by Gasteiger charge is -2.21. The Kier molecular flexibility index (Phi) is 4.15. The second kappa shape index (κ2) is 5.61. The summed E-state index contributed by atoms with van der Waals surface area (Å²) in [4.78, 5) is 0. The van der Waals surface area contributed by atoms with Crippen LogP contribution in [0.15, 0.2) is 22.8 Å². The summed E-state index contributed by atoms with van der Waals surface area (Å²) in [5, 5.41) is 4.30. The molecule has 1 aromatic heterocycles. The molecule has 3 heteroatoms. The van der Waals surface area contributed by atoms with E-state index in [0.717, 1.165) is 12.3 Å². The number of rotatable bonds is 5. The molecular formula is C12H19NOS. The van der Waals surface area contributed by atoms with Gasteiger partial charge in [0, 0.05) is 5.25 Å². The molecule has 1 aliphatic heterocycles. The molecule has 0 amide bonds. The Morgan fingerprint density at radius 2 is 2.60 bits per heavy atom. The molecule has 2 heterocycles. The smallest absolute Gasteiger partial charge is 0.121 e. The SMILES string of the molecule is CCCNC(c1ccco1)C1CCCS1. The Balaban J connectivity index is 2.01. The summed E-state index contributed by atoms with van der Waals surface area (Å²) in [7, 11) is 0. The van der Waals surface area contributed by atoms with Gasteiger partial charge in [-0.15, -0.1) is 0 Å². The summed E-state index contributed by atoms with van der Waals surface area (Å²) in [5.41, 5.74) is 0. The van der Waals surface area contributed by atoms with Gasteiger partial charge in [0.1, 0.15) is 5.76 Å². The molecule has 0 bridgehead atoms. The molecule has 1 saturated heterocycles. The van der Waals surface area contributed by atoms with E-state index in [-0.39, 0.29) is 0 Å². The minimum Gasteiger partial charge on any atom is -0.468 e. The first-order chi connectivity index (χ1) is 7.42. The normalized spacial score (nSPS) is 23.1. The van der Waals surface area contributed by atoms with E-state index in [4.69, 9.17) is 4.42 Å². The van der Waals surface area contributed by atoms with Crippen LogP contribution in [0, 0.1) is 0 Å². The van der Waals surface area contributed by atoms with Gasteiger partial charge in [-0.05, 0) is 43.7 Å². The van der Waals surface area contributed by atoms with E-state index in [2.05, 4.69) is 30.1 Å². The molecule has 0 aliphatic carbocycles. The van der Waals surface area contributed by atoms with Gasteiger partial charge in [0.15, 0.2) is 0 Å². The van der Waals surface area contributed by atoms with Gasteiger partial charge >= 0.3 is 0 Å². The molecular weight excluding hydrogens is 206 g/mol. The van der Waals surface area contributed by atoms with E-state index < -0.39 is 0 Å². The summed E-state index contributed by atoms with van der Waals surface area (Å²) in [5.74, 6) is 2.40. The zero-order valence-electron chi connectivity index (χ0n) is 9.24. The lowest BCUT2D eigenvalue weighted by Crippen LogP contribution is -2.29. The molecule has 2 unspecified atom stereocenters. The van der Waals surface area contributed by atoms with Crippen LogP contribution in [-0.4, -0.2) is 17.5 Å². The Morgan fingerprint density at radius 1 is 1.67 bits per heavy atom. The number of furan rings is 1. The van der Waals surface area contributed by atoms with E-state index in [0.29, 0.717) is 11.3 Å². The van der Waals surface area contributed by atoms with Crippen molar-refractivity contribution in [3.63, 3.8) is 0 Å². The highest BCUT2D eigenvalue weighted by Gasteiger charge is 2.28. The van der Waals surface area contributed by atoms with Gasteiger partial charge in [-0.1, -0.05) is 6.92 Å². The highest BCUT2D eigenvalue weighted by atomic mass is 32.2.